The smallest absolute Gasteiger partial charge is 0.255 e. The molecule has 3 aliphatic rings. The summed E-state index contributed by atoms with van der Waals surface area (Å²) in [6.07, 6.45) is 6.17. The predicted molar refractivity (Wildman–Crippen MR) is 216 cm³/mol. The molecule has 0 saturated carbocycles. The van der Waals surface area contributed by atoms with Crippen LogP contribution in [0.2, 0.25) is 0 Å². The third kappa shape index (κ3) is 6.91. The van der Waals surface area contributed by atoms with Crippen LogP contribution in [0.3, 0.4) is 0 Å². The van der Waals surface area contributed by atoms with Crippen LogP contribution < -0.4 is 10.1 Å². The van der Waals surface area contributed by atoms with Crippen LogP contribution in [-0.4, -0.2) is 39.5 Å². The summed E-state index contributed by atoms with van der Waals surface area (Å²) in [6, 6.07) is 39.5. The van der Waals surface area contributed by atoms with E-state index in [9.17, 15) is 14.7 Å². The second kappa shape index (κ2) is 14.6. The quantitative estimate of drug-likeness (QED) is 0.123. The summed E-state index contributed by atoms with van der Waals surface area (Å²) in [5.74, 6) is 1.58. The number of aromatic hydroxyl groups is 1. The number of aryl methyl sites for hydroxylation is 2. The van der Waals surface area contributed by atoms with Gasteiger partial charge in [-0.15, -0.1) is 0 Å². The second-order valence-electron chi connectivity index (χ2n) is 15.3. The van der Waals surface area contributed by atoms with Gasteiger partial charge in [0.2, 0.25) is 5.91 Å². The van der Waals surface area contributed by atoms with Crippen LogP contribution in [0, 0.1) is 0 Å². The highest BCUT2D eigenvalue weighted by molar-refractivity contribution is 6.02. The number of allylic oxidation sites excluding steroid dienone is 1. The summed E-state index contributed by atoms with van der Waals surface area (Å²) in [4.78, 5) is 31.1. The number of carbonyl (C=O) groups is 2. The van der Waals surface area contributed by atoms with Crippen LogP contribution in [0.15, 0.2) is 128 Å². The lowest BCUT2D eigenvalue weighted by Gasteiger charge is -2.34. The lowest BCUT2D eigenvalue weighted by atomic mass is 9.69. The number of unbranched alkanes of at least 4 members (excludes halogenated alkanes) is 1. The number of phenols is 1. The Morgan fingerprint density at radius 2 is 1.60 bits per heavy atom. The molecular formula is C48H45N3O4. The maximum absolute atomic E-state index is 13.2. The van der Waals surface area contributed by atoms with E-state index >= 15 is 0 Å². The first-order chi connectivity index (χ1) is 26.9. The van der Waals surface area contributed by atoms with Gasteiger partial charge < -0.3 is 25.0 Å². The molecule has 2 aliphatic heterocycles. The zero-order chi connectivity index (χ0) is 37.5. The van der Waals surface area contributed by atoms with E-state index in [-0.39, 0.29) is 17.7 Å². The summed E-state index contributed by atoms with van der Waals surface area (Å²) in [5.41, 5.74) is 12.0. The Bertz CT molecular complexity index is 2410. The molecule has 0 bridgehead atoms. The van der Waals surface area contributed by atoms with E-state index in [2.05, 4.69) is 108 Å². The van der Waals surface area contributed by atoms with Crippen LogP contribution in [0.4, 0.5) is 0 Å². The summed E-state index contributed by atoms with van der Waals surface area (Å²) in [6.45, 7) is 4.96. The molecule has 1 fully saturated rings. The number of aromatic nitrogens is 1. The number of amides is 2. The Labute approximate surface area is 321 Å². The van der Waals surface area contributed by atoms with Gasteiger partial charge in [-0.05, 0) is 144 Å². The number of hydrogen-bond acceptors (Lipinski definition) is 4. The number of ether oxygens (including phenoxy) is 1. The molecule has 3 N–H and O–H groups in total. The Kier molecular flexibility index (Phi) is 9.22. The molecule has 2 amide bonds. The van der Waals surface area contributed by atoms with E-state index in [0.717, 1.165) is 65.4 Å². The van der Waals surface area contributed by atoms with Crippen LogP contribution in [0.25, 0.3) is 22.0 Å². The van der Waals surface area contributed by atoms with Crippen molar-refractivity contribution in [1.29, 1.82) is 0 Å². The number of piperidine rings is 1. The minimum absolute atomic E-state index is 0.0789. The highest BCUT2D eigenvalue weighted by Crippen LogP contribution is 2.47. The predicted octanol–water partition coefficient (Wildman–Crippen LogP) is 9.55. The normalized spacial score (nSPS) is 19.3. The molecule has 0 spiro atoms. The molecule has 276 valence electrons. The molecule has 7 nitrogen and oxygen atoms in total. The molecule has 1 aliphatic carbocycles. The zero-order valence-corrected chi connectivity index (χ0v) is 30.9. The highest BCUT2D eigenvalue weighted by Gasteiger charge is 2.38. The lowest BCUT2D eigenvalue weighted by Crippen LogP contribution is -2.49. The number of phenolic OH excluding ortho intramolecular Hbond substituents is 1. The van der Waals surface area contributed by atoms with Gasteiger partial charge >= 0.3 is 0 Å². The average molecular weight is 728 g/mol. The molecule has 6 aromatic rings. The summed E-state index contributed by atoms with van der Waals surface area (Å²) in [5, 5.41) is 14.1. The monoisotopic (exact) mass is 727 g/mol. The molecule has 9 rings (SSSR count). The fourth-order valence-electron chi connectivity index (χ4n) is 9.00. The van der Waals surface area contributed by atoms with Crippen LogP contribution in [0.1, 0.15) is 87.8 Å². The summed E-state index contributed by atoms with van der Waals surface area (Å²) >= 11 is 0. The number of fused-ring (bicyclic) bond motifs is 3. The standard InChI is InChI=1S/C48H45N3O4/c1-30-10-23-45(47(53)49-30)51-29-37-26-33(13-20-43(37)48(51)54)34-15-22-44-36(25-34)27-38(50-44)9-5-6-24-55-40-17-11-32(12-18-40)46-41(31-7-3-2-4-8-31)19-14-35-28-39(52)16-21-42(35)46/h2-4,7-8,11-13,15-18,20-22,25-28,41,45-46,50,52H,1,5-6,9-10,14,19,23-24,29H2,(H,49,53)/t41-,45-,46+/m0/s1. The first kappa shape index (κ1) is 34.7. The van der Waals surface area contributed by atoms with Crippen molar-refractivity contribution in [2.45, 2.75) is 69.4 Å². The van der Waals surface area contributed by atoms with Gasteiger partial charge in [-0.1, -0.05) is 67.2 Å². The van der Waals surface area contributed by atoms with E-state index in [1.54, 1.807) is 4.90 Å². The minimum atomic E-state index is -0.459. The molecule has 3 atom stereocenters. The van der Waals surface area contributed by atoms with E-state index in [0.29, 0.717) is 48.9 Å². The van der Waals surface area contributed by atoms with E-state index < -0.39 is 6.04 Å². The topological polar surface area (TPSA) is 94.7 Å². The number of nitrogens with zero attached hydrogens (tertiary/aromatic N) is 1. The molecule has 55 heavy (non-hydrogen) atoms. The fraction of sp³-hybridized carbons (Fsp3) is 0.250. The third-order valence-electron chi connectivity index (χ3n) is 11.8. The zero-order valence-electron chi connectivity index (χ0n) is 30.9. The van der Waals surface area contributed by atoms with Crippen LogP contribution in [0.5, 0.6) is 11.5 Å². The summed E-state index contributed by atoms with van der Waals surface area (Å²) < 4.78 is 6.20. The van der Waals surface area contributed by atoms with Crippen molar-refractivity contribution < 1.29 is 19.4 Å². The minimum Gasteiger partial charge on any atom is -0.508 e. The highest BCUT2D eigenvalue weighted by atomic mass is 16.5. The van der Waals surface area contributed by atoms with Crippen molar-refractivity contribution in [2.24, 2.45) is 0 Å². The molecule has 5 aromatic carbocycles. The van der Waals surface area contributed by atoms with Gasteiger partial charge in [-0.25, -0.2) is 0 Å². The molecule has 1 saturated heterocycles. The molecule has 3 heterocycles. The van der Waals surface area contributed by atoms with Crippen molar-refractivity contribution in [3.63, 3.8) is 0 Å². The van der Waals surface area contributed by atoms with Crippen LogP contribution in [-0.2, 0) is 24.2 Å². The molecular weight excluding hydrogens is 683 g/mol. The number of carbonyl (C=O) groups excluding carboxylic acids is 2. The van der Waals surface area contributed by atoms with Gasteiger partial charge in [0.15, 0.2) is 0 Å². The Balaban J connectivity index is 0.804. The van der Waals surface area contributed by atoms with Gasteiger partial charge in [0.05, 0.1) is 6.61 Å². The number of benzene rings is 5. The van der Waals surface area contributed by atoms with E-state index in [1.807, 2.05) is 24.3 Å². The summed E-state index contributed by atoms with van der Waals surface area (Å²) in [7, 11) is 0. The average Bonchev–Trinajstić information content (AvgIpc) is 3.77. The second-order valence-corrected chi connectivity index (χ2v) is 15.3. The fourth-order valence-corrected chi connectivity index (χ4v) is 9.00. The number of aromatic amines is 1. The van der Waals surface area contributed by atoms with Crippen molar-refractivity contribution in [1.82, 2.24) is 15.2 Å². The number of H-pyrrole nitrogens is 1. The Hall–Kier alpha value is -6.08. The number of rotatable bonds is 10. The van der Waals surface area contributed by atoms with Gasteiger partial charge in [0.25, 0.3) is 5.91 Å². The SMILES string of the molecule is C=C1CC[C@H](N2Cc3cc(-c4ccc5[nH]c(CCCCOc6ccc([C@H]7c8ccc(O)cc8CC[C@H]7c7ccccc7)cc6)cc5c4)ccc3C2=O)C(=O)N1. The number of nitrogens with one attached hydrogen (secondary N) is 2. The largest absolute Gasteiger partial charge is 0.508 e. The maximum Gasteiger partial charge on any atom is 0.255 e. The number of hydrogen-bond donors (Lipinski definition) is 3. The molecule has 0 unspecified atom stereocenters. The van der Waals surface area contributed by atoms with E-state index in [4.69, 9.17) is 4.74 Å². The third-order valence-corrected chi connectivity index (χ3v) is 11.8. The van der Waals surface area contributed by atoms with Crippen molar-refractivity contribution in [2.75, 3.05) is 6.61 Å². The van der Waals surface area contributed by atoms with Gasteiger partial charge in [-0.2, -0.15) is 0 Å². The van der Waals surface area contributed by atoms with Crippen molar-refractivity contribution >= 4 is 22.7 Å². The van der Waals surface area contributed by atoms with E-state index in [1.165, 1.54) is 27.9 Å². The van der Waals surface area contributed by atoms with Crippen LogP contribution >= 0.6 is 0 Å². The molecule has 1 aromatic heterocycles. The first-order valence-electron chi connectivity index (χ1n) is 19.5. The van der Waals surface area contributed by atoms with Crippen molar-refractivity contribution in [3.05, 3.63) is 167 Å². The van der Waals surface area contributed by atoms with Gasteiger partial charge in [0, 0.05) is 40.3 Å². The van der Waals surface area contributed by atoms with Gasteiger partial charge in [0.1, 0.15) is 17.5 Å². The maximum atomic E-state index is 13.2. The Morgan fingerprint density at radius 3 is 2.44 bits per heavy atom. The molecule has 0 radical (unpaired) electrons. The Morgan fingerprint density at radius 1 is 0.782 bits per heavy atom. The van der Waals surface area contributed by atoms with Crippen molar-refractivity contribution in [3.8, 4) is 22.6 Å². The van der Waals surface area contributed by atoms with Gasteiger partial charge in [-0.3, -0.25) is 9.59 Å². The molecule has 7 heteroatoms. The first-order valence-corrected chi connectivity index (χ1v) is 19.5. The lowest BCUT2D eigenvalue weighted by molar-refractivity contribution is -0.126.